The van der Waals surface area contributed by atoms with Gasteiger partial charge in [0.25, 0.3) is 0 Å². The Morgan fingerprint density at radius 1 is 1.42 bits per heavy atom. The van der Waals surface area contributed by atoms with Gasteiger partial charge in [-0.3, -0.25) is 0 Å². The van der Waals surface area contributed by atoms with Gasteiger partial charge in [0.15, 0.2) is 0 Å². The molecule has 0 spiro atoms. The molecule has 3 nitrogen and oxygen atoms in total. The lowest BCUT2D eigenvalue weighted by atomic mass is 9.96. The second kappa shape index (κ2) is 6.80. The Balaban J connectivity index is 1.88. The zero-order valence-corrected chi connectivity index (χ0v) is 12.4. The number of hydrogen-bond donors (Lipinski definition) is 1. The number of anilines is 1. The van der Waals surface area contributed by atoms with Crippen LogP contribution in [0.1, 0.15) is 24.8 Å². The third-order valence-corrected chi connectivity index (χ3v) is 4.09. The second-order valence-corrected chi connectivity index (χ2v) is 5.58. The SMILES string of the molecule is COc1ccc(N(C)CCC2CCCNC2)cc1C. The van der Waals surface area contributed by atoms with Gasteiger partial charge < -0.3 is 15.0 Å². The fourth-order valence-electron chi connectivity index (χ4n) is 2.78. The van der Waals surface area contributed by atoms with E-state index in [1.165, 1.54) is 43.6 Å². The van der Waals surface area contributed by atoms with Gasteiger partial charge in [-0.1, -0.05) is 0 Å². The van der Waals surface area contributed by atoms with Crippen LogP contribution in [0.4, 0.5) is 5.69 Å². The summed E-state index contributed by atoms with van der Waals surface area (Å²) in [6.45, 7) is 5.61. The van der Waals surface area contributed by atoms with Gasteiger partial charge in [-0.2, -0.15) is 0 Å². The Bertz CT molecular complexity index is 400. The van der Waals surface area contributed by atoms with Gasteiger partial charge in [0.2, 0.25) is 0 Å². The Morgan fingerprint density at radius 3 is 2.89 bits per heavy atom. The molecule has 1 fully saturated rings. The molecule has 1 aliphatic rings. The normalized spacial score (nSPS) is 19.2. The number of piperidine rings is 1. The number of aryl methyl sites for hydroxylation is 1. The molecule has 3 heteroatoms. The van der Waals surface area contributed by atoms with Crippen LogP contribution >= 0.6 is 0 Å². The molecule has 0 amide bonds. The van der Waals surface area contributed by atoms with E-state index in [1.807, 2.05) is 0 Å². The number of ether oxygens (including phenoxy) is 1. The van der Waals surface area contributed by atoms with Gasteiger partial charge >= 0.3 is 0 Å². The second-order valence-electron chi connectivity index (χ2n) is 5.58. The molecule has 1 aromatic rings. The van der Waals surface area contributed by atoms with Crippen molar-refractivity contribution < 1.29 is 4.74 Å². The Labute approximate surface area is 116 Å². The van der Waals surface area contributed by atoms with Crippen LogP contribution in [0, 0.1) is 12.8 Å². The van der Waals surface area contributed by atoms with Gasteiger partial charge in [-0.05, 0) is 69.0 Å². The minimum Gasteiger partial charge on any atom is -0.496 e. The predicted molar refractivity (Wildman–Crippen MR) is 81.2 cm³/mol. The highest BCUT2D eigenvalue weighted by atomic mass is 16.5. The maximum absolute atomic E-state index is 5.31. The molecule has 1 aliphatic heterocycles. The first-order chi connectivity index (χ1) is 9.20. The Kier molecular flexibility index (Phi) is 5.08. The molecule has 2 rings (SSSR count). The Morgan fingerprint density at radius 2 is 2.26 bits per heavy atom. The van der Waals surface area contributed by atoms with Gasteiger partial charge in [0.1, 0.15) is 5.75 Å². The summed E-state index contributed by atoms with van der Waals surface area (Å²) in [6.07, 6.45) is 3.98. The van der Waals surface area contributed by atoms with Crippen molar-refractivity contribution in [3.8, 4) is 5.75 Å². The van der Waals surface area contributed by atoms with E-state index in [-0.39, 0.29) is 0 Å². The van der Waals surface area contributed by atoms with Crippen molar-refractivity contribution in [1.82, 2.24) is 5.32 Å². The van der Waals surface area contributed by atoms with Gasteiger partial charge in [0, 0.05) is 19.3 Å². The zero-order valence-electron chi connectivity index (χ0n) is 12.4. The molecule has 0 aliphatic carbocycles. The highest BCUT2D eigenvalue weighted by Crippen LogP contribution is 2.24. The van der Waals surface area contributed by atoms with E-state index in [9.17, 15) is 0 Å². The first-order valence-electron chi connectivity index (χ1n) is 7.27. The molecule has 0 bridgehead atoms. The molecule has 1 N–H and O–H groups in total. The lowest BCUT2D eigenvalue weighted by Gasteiger charge is -2.26. The maximum atomic E-state index is 5.31. The zero-order chi connectivity index (χ0) is 13.7. The van der Waals surface area contributed by atoms with Crippen LogP contribution < -0.4 is 15.0 Å². The maximum Gasteiger partial charge on any atom is 0.121 e. The van der Waals surface area contributed by atoms with Gasteiger partial charge in [0.05, 0.1) is 7.11 Å². The smallest absolute Gasteiger partial charge is 0.121 e. The molecule has 106 valence electrons. The summed E-state index contributed by atoms with van der Waals surface area (Å²) in [6, 6.07) is 6.41. The average molecular weight is 262 g/mol. The predicted octanol–water partition coefficient (Wildman–Crippen LogP) is 2.83. The summed E-state index contributed by atoms with van der Waals surface area (Å²) in [5.74, 6) is 1.81. The largest absolute Gasteiger partial charge is 0.496 e. The number of benzene rings is 1. The van der Waals surface area contributed by atoms with E-state index in [2.05, 4.69) is 42.4 Å². The Hall–Kier alpha value is -1.22. The molecule has 0 aromatic heterocycles. The molecule has 0 radical (unpaired) electrons. The van der Waals surface area contributed by atoms with E-state index in [0.29, 0.717) is 0 Å². The van der Waals surface area contributed by atoms with E-state index in [1.54, 1.807) is 7.11 Å². The van der Waals surface area contributed by atoms with Gasteiger partial charge in [-0.25, -0.2) is 0 Å². The lowest BCUT2D eigenvalue weighted by molar-refractivity contribution is 0.360. The number of hydrogen-bond acceptors (Lipinski definition) is 3. The quantitative estimate of drug-likeness (QED) is 0.883. The van der Waals surface area contributed by atoms with Crippen LogP contribution in [0.25, 0.3) is 0 Å². The highest BCUT2D eigenvalue weighted by Gasteiger charge is 2.13. The first kappa shape index (κ1) is 14.2. The highest BCUT2D eigenvalue weighted by molar-refractivity contribution is 5.52. The topological polar surface area (TPSA) is 24.5 Å². The van der Waals surface area contributed by atoms with Gasteiger partial charge in [-0.15, -0.1) is 0 Å². The minimum atomic E-state index is 0.843. The summed E-state index contributed by atoms with van der Waals surface area (Å²) in [4.78, 5) is 2.35. The third kappa shape index (κ3) is 3.87. The number of nitrogens with one attached hydrogen (secondary N) is 1. The molecule has 1 aromatic carbocycles. The summed E-state index contributed by atoms with van der Waals surface area (Å²) in [7, 11) is 3.90. The van der Waals surface area contributed by atoms with Crippen LogP contribution in [0.5, 0.6) is 5.75 Å². The van der Waals surface area contributed by atoms with E-state index < -0.39 is 0 Å². The summed E-state index contributed by atoms with van der Waals surface area (Å²) in [5.41, 5.74) is 2.48. The van der Waals surface area contributed by atoms with E-state index in [0.717, 1.165) is 18.2 Å². The first-order valence-corrected chi connectivity index (χ1v) is 7.27. The summed E-state index contributed by atoms with van der Waals surface area (Å²) in [5, 5.41) is 3.49. The summed E-state index contributed by atoms with van der Waals surface area (Å²) >= 11 is 0. The van der Waals surface area contributed by atoms with Crippen molar-refractivity contribution in [1.29, 1.82) is 0 Å². The van der Waals surface area contributed by atoms with Crippen molar-refractivity contribution in [2.24, 2.45) is 5.92 Å². The standard InChI is InChI=1S/C16H26N2O/c1-13-11-15(6-7-16(13)19-3)18(2)10-8-14-5-4-9-17-12-14/h6-7,11,14,17H,4-5,8-10,12H2,1-3H3. The molecule has 19 heavy (non-hydrogen) atoms. The van der Waals surface area contributed by atoms with E-state index in [4.69, 9.17) is 4.74 Å². The van der Waals surface area contributed by atoms with Crippen molar-refractivity contribution in [3.63, 3.8) is 0 Å². The minimum absolute atomic E-state index is 0.843. The molecule has 1 heterocycles. The van der Waals surface area contributed by atoms with Crippen molar-refractivity contribution in [2.75, 3.05) is 38.7 Å². The molecular formula is C16H26N2O. The molecule has 1 unspecified atom stereocenters. The fraction of sp³-hybridized carbons (Fsp3) is 0.625. The lowest BCUT2D eigenvalue weighted by Crippen LogP contribution is -2.32. The van der Waals surface area contributed by atoms with E-state index >= 15 is 0 Å². The van der Waals surface area contributed by atoms with Crippen LogP contribution in [0.3, 0.4) is 0 Å². The van der Waals surface area contributed by atoms with Crippen LogP contribution in [-0.4, -0.2) is 33.8 Å². The number of nitrogens with zero attached hydrogens (tertiary/aromatic N) is 1. The molecule has 0 saturated carbocycles. The number of methoxy groups -OCH3 is 1. The molecule has 1 saturated heterocycles. The number of rotatable bonds is 5. The van der Waals surface area contributed by atoms with Crippen molar-refractivity contribution in [3.05, 3.63) is 23.8 Å². The molecular weight excluding hydrogens is 236 g/mol. The van der Waals surface area contributed by atoms with Crippen molar-refractivity contribution in [2.45, 2.75) is 26.2 Å². The fourth-order valence-corrected chi connectivity index (χ4v) is 2.78. The average Bonchev–Trinajstić information content (AvgIpc) is 2.45. The van der Waals surface area contributed by atoms with Crippen LogP contribution in [-0.2, 0) is 0 Å². The van der Waals surface area contributed by atoms with Crippen molar-refractivity contribution >= 4 is 5.69 Å². The summed E-state index contributed by atoms with van der Waals surface area (Å²) < 4.78 is 5.31. The molecule has 1 atom stereocenters. The van der Waals surface area contributed by atoms with Crippen LogP contribution in [0.2, 0.25) is 0 Å². The third-order valence-electron chi connectivity index (χ3n) is 4.09. The monoisotopic (exact) mass is 262 g/mol. The van der Waals surface area contributed by atoms with Crippen LogP contribution in [0.15, 0.2) is 18.2 Å².